The molecule has 1 amide bonds. The van der Waals surface area contributed by atoms with Gasteiger partial charge in [-0.3, -0.25) is 15.0 Å². The molecule has 3 heterocycles. The zero-order valence-corrected chi connectivity index (χ0v) is 19.9. The monoisotopic (exact) mass is 449 g/mol. The highest BCUT2D eigenvalue weighted by atomic mass is 16.7. The standard InChI is InChI=1S/C24H39N3O5/c1-23(2,27(3)16-18-8-13-29-14-9-18)22(28)25-20-15-19(26-32-20)24(10-6-11-24)17-31-21-7-4-5-12-30-21/h15,18,21H,4-14,16-17H2,1-3H3,(H,25,28). The van der Waals surface area contributed by atoms with Crippen LogP contribution in [0.1, 0.15) is 70.9 Å². The van der Waals surface area contributed by atoms with Crippen molar-refractivity contribution in [2.24, 2.45) is 5.92 Å². The highest BCUT2D eigenvalue weighted by Gasteiger charge is 2.43. The van der Waals surface area contributed by atoms with Crippen molar-refractivity contribution >= 4 is 11.8 Å². The zero-order valence-electron chi connectivity index (χ0n) is 19.9. The molecule has 2 saturated heterocycles. The topological polar surface area (TPSA) is 86.1 Å². The van der Waals surface area contributed by atoms with Gasteiger partial charge in [-0.2, -0.15) is 0 Å². The summed E-state index contributed by atoms with van der Waals surface area (Å²) in [5.41, 5.74) is 0.0620. The fourth-order valence-corrected chi connectivity index (χ4v) is 4.74. The Bertz CT molecular complexity index is 749. The fraction of sp³-hybridized carbons (Fsp3) is 0.833. The molecule has 0 spiro atoms. The molecule has 2 aliphatic heterocycles. The summed E-state index contributed by atoms with van der Waals surface area (Å²) in [4.78, 5) is 15.2. The van der Waals surface area contributed by atoms with Crippen LogP contribution in [0.3, 0.4) is 0 Å². The van der Waals surface area contributed by atoms with Gasteiger partial charge in [-0.05, 0) is 71.8 Å². The minimum absolute atomic E-state index is 0.0933. The first-order chi connectivity index (χ1) is 15.4. The third-order valence-electron chi connectivity index (χ3n) is 7.67. The second-order valence-electron chi connectivity index (χ2n) is 10.3. The number of anilines is 1. The van der Waals surface area contributed by atoms with Gasteiger partial charge in [0.1, 0.15) is 0 Å². The van der Waals surface area contributed by atoms with Crippen LogP contribution in [-0.2, 0) is 24.4 Å². The molecule has 1 saturated carbocycles. The van der Waals surface area contributed by atoms with Gasteiger partial charge in [0.2, 0.25) is 11.8 Å². The summed E-state index contributed by atoms with van der Waals surface area (Å²) in [6, 6.07) is 1.87. The van der Waals surface area contributed by atoms with Crippen LogP contribution in [0.2, 0.25) is 0 Å². The van der Waals surface area contributed by atoms with Gasteiger partial charge in [0.25, 0.3) is 0 Å². The highest BCUT2D eigenvalue weighted by Crippen LogP contribution is 2.44. The Morgan fingerprint density at radius 2 is 2.00 bits per heavy atom. The van der Waals surface area contributed by atoms with Crippen LogP contribution < -0.4 is 5.32 Å². The Hall–Kier alpha value is -1.48. The Morgan fingerprint density at radius 1 is 1.22 bits per heavy atom. The van der Waals surface area contributed by atoms with Gasteiger partial charge >= 0.3 is 0 Å². The minimum Gasteiger partial charge on any atom is -0.381 e. The Morgan fingerprint density at radius 3 is 2.66 bits per heavy atom. The summed E-state index contributed by atoms with van der Waals surface area (Å²) in [6.07, 6.45) is 8.36. The van der Waals surface area contributed by atoms with Gasteiger partial charge in [0, 0.05) is 37.8 Å². The van der Waals surface area contributed by atoms with E-state index in [-0.39, 0.29) is 17.6 Å². The van der Waals surface area contributed by atoms with Crippen molar-refractivity contribution < 1.29 is 23.5 Å². The van der Waals surface area contributed by atoms with Gasteiger partial charge in [-0.15, -0.1) is 0 Å². The Kier molecular flexibility index (Phi) is 7.54. The number of carbonyl (C=O) groups excluding carboxylic acids is 1. The van der Waals surface area contributed by atoms with E-state index in [9.17, 15) is 4.79 Å². The van der Waals surface area contributed by atoms with Crippen LogP contribution in [0.4, 0.5) is 5.88 Å². The van der Waals surface area contributed by atoms with Gasteiger partial charge in [0.15, 0.2) is 6.29 Å². The number of nitrogens with one attached hydrogen (secondary N) is 1. The van der Waals surface area contributed by atoms with E-state index in [1.807, 2.05) is 27.0 Å². The number of carbonyl (C=O) groups is 1. The fourth-order valence-electron chi connectivity index (χ4n) is 4.74. The lowest BCUT2D eigenvalue weighted by molar-refractivity contribution is -0.177. The van der Waals surface area contributed by atoms with Crippen LogP contribution >= 0.6 is 0 Å². The second kappa shape index (κ2) is 10.2. The second-order valence-corrected chi connectivity index (χ2v) is 10.3. The number of ether oxygens (including phenoxy) is 3. The van der Waals surface area contributed by atoms with E-state index in [0.717, 1.165) is 83.4 Å². The average molecular weight is 450 g/mol. The predicted octanol–water partition coefficient (Wildman–Crippen LogP) is 3.72. The van der Waals surface area contributed by atoms with E-state index >= 15 is 0 Å². The van der Waals surface area contributed by atoms with Crippen molar-refractivity contribution in [1.82, 2.24) is 10.1 Å². The Balaban J connectivity index is 1.33. The molecule has 1 atom stereocenters. The van der Waals surface area contributed by atoms with Crippen LogP contribution in [0.5, 0.6) is 0 Å². The first kappa shape index (κ1) is 23.7. The molecule has 32 heavy (non-hydrogen) atoms. The molecule has 0 aromatic carbocycles. The molecule has 3 aliphatic rings. The minimum atomic E-state index is -0.666. The number of hydrogen-bond acceptors (Lipinski definition) is 7. The maximum Gasteiger partial charge on any atom is 0.246 e. The Labute approximate surface area is 191 Å². The molecular formula is C24H39N3O5. The molecular weight excluding hydrogens is 410 g/mol. The molecule has 1 aromatic heterocycles. The molecule has 1 aliphatic carbocycles. The van der Waals surface area contributed by atoms with Gasteiger partial charge in [-0.1, -0.05) is 11.6 Å². The van der Waals surface area contributed by atoms with Crippen molar-refractivity contribution in [3.05, 3.63) is 11.8 Å². The van der Waals surface area contributed by atoms with Crippen LogP contribution in [0.15, 0.2) is 10.6 Å². The molecule has 4 rings (SSSR count). The SMILES string of the molecule is CN(CC1CCOCC1)C(C)(C)C(=O)Nc1cc(C2(COC3CCCCO3)CCC2)no1. The third-order valence-corrected chi connectivity index (χ3v) is 7.67. The summed E-state index contributed by atoms with van der Waals surface area (Å²) in [5, 5.41) is 7.26. The summed E-state index contributed by atoms with van der Waals surface area (Å²) in [6.45, 7) is 7.74. The van der Waals surface area contributed by atoms with Crippen molar-refractivity contribution in [2.45, 2.75) is 82.5 Å². The number of hydrogen-bond donors (Lipinski definition) is 1. The quantitative estimate of drug-likeness (QED) is 0.615. The number of nitrogens with zero attached hydrogens (tertiary/aromatic N) is 2. The predicted molar refractivity (Wildman–Crippen MR) is 120 cm³/mol. The highest BCUT2D eigenvalue weighted by molar-refractivity contribution is 5.96. The van der Waals surface area contributed by atoms with Crippen molar-refractivity contribution in [3.63, 3.8) is 0 Å². The molecule has 180 valence electrons. The first-order valence-corrected chi connectivity index (χ1v) is 12.2. The van der Waals surface area contributed by atoms with E-state index in [2.05, 4.69) is 15.4 Å². The van der Waals surface area contributed by atoms with Crippen molar-refractivity contribution in [1.29, 1.82) is 0 Å². The van der Waals surface area contributed by atoms with E-state index in [0.29, 0.717) is 18.4 Å². The average Bonchev–Trinajstić information content (AvgIpc) is 3.23. The van der Waals surface area contributed by atoms with E-state index in [1.54, 1.807) is 0 Å². The molecule has 1 aromatic rings. The molecule has 1 N–H and O–H groups in total. The van der Waals surface area contributed by atoms with Crippen LogP contribution in [-0.4, -0.2) is 67.8 Å². The normalized spacial score (nSPS) is 24.3. The van der Waals surface area contributed by atoms with Crippen molar-refractivity contribution in [3.8, 4) is 0 Å². The number of likely N-dealkylation sites (N-methyl/N-ethyl adjacent to an activating group) is 1. The lowest BCUT2D eigenvalue weighted by Gasteiger charge is -2.40. The van der Waals surface area contributed by atoms with Crippen molar-refractivity contribution in [2.75, 3.05) is 45.3 Å². The lowest BCUT2D eigenvalue weighted by Crippen LogP contribution is -2.52. The first-order valence-electron chi connectivity index (χ1n) is 12.2. The molecule has 8 nitrogen and oxygen atoms in total. The summed E-state index contributed by atoms with van der Waals surface area (Å²) < 4.78 is 22.8. The zero-order chi connectivity index (χ0) is 22.6. The molecule has 0 bridgehead atoms. The van der Waals surface area contributed by atoms with E-state index in [1.165, 1.54) is 0 Å². The molecule has 1 unspecified atom stereocenters. The molecule has 0 radical (unpaired) electrons. The number of rotatable bonds is 9. The third kappa shape index (κ3) is 5.35. The smallest absolute Gasteiger partial charge is 0.246 e. The maximum atomic E-state index is 13.1. The van der Waals surface area contributed by atoms with E-state index < -0.39 is 5.54 Å². The summed E-state index contributed by atoms with van der Waals surface area (Å²) in [5.74, 6) is 0.867. The summed E-state index contributed by atoms with van der Waals surface area (Å²) in [7, 11) is 2.01. The van der Waals surface area contributed by atoms with Gasteiger partial charge in [0.05, 0.1) is 17.8 Å². The van der Waals surface area contributed by atoms with E-state index in [4.69, 9.17) is 18.7 Å². The number of aromatic nitrogens is 1. The molecule has 3 fully saturated rings. The number of amides is 1. The molecule has 8 heteroatoms. The maximum absolute atomic E-state index is 13.1. The largest absolute Gasteiger partial charge is 0.381 e. The lowest BCUT2D eigenvalue weighted by atomic mass is 9.67. The van der Waals surface area contributed by atoms with Crippen LogP contribution in [0, 0.1) is 5.92 Å². The van der Waals surface area contributed by atoms with Crippen LogP contribution in [0.25, 0.3) is 0 Å². The van der Waals surface area contributed by atoms with Gasteiger partial charge < -0.3 is 18.7 Å². The van der Waals surface area contributed by atoms with Gasteiger partial charge in [-0.25, -0.2) is 0 Å². The summed E-state index contributed by atoms with van der Waals surface area (Å²) >= 11 is 0.